The molecule has 3 aromatic rings. The number of ether oxygens (including phenoxy) is 3. The molecule has 35 heavy (non-hydrogen) atoms. The molecule has 1 aliphatic heterocycles. The van der Waals surface area contributed by atoms with Gasteiger partial charge in [0.25, 0.3) is 0 Å². The maximum atomic E-state index is 13.7. The van der Waals surface area contributed by atoms with Gasteiger partial charge in [0.15, 0.2) is 0 Å². The van der Waals surface area contributed by atoms with E-state index in [4.69, 9.17) is 25.8 Å². The molecule has 2 amide bonds. The van der Waals surface area contributed by atoms with Crippen molar-refractivity contribution in [1.29, 1.82) is 0 Å². The topological polar surface area (TPSA) is 77.1 Å². The fourth-order valence-electron chi connectivity index (χ4n) is 4.43. The third kappa shape index (κ3) is 5.05. The van der Waals surface area contributed by atoms with Gasteiger partial charge in [-0.15, -0.1) is 0 Å². The summed E-state index contributed by atoms with van der Waals surface area (Å²) < 4.78 is 16.0. The first-order chi connectivity index (χ1) is 17.0. The Hall–Kier alpha value is -3.71. The largest absolute Gasteiger partial charge is 0.497 e. The van der Waals surface area contributed by atoms with Crippen LogP contribution in [0.4, 0.5) is 11.4 Å². The van der Waals surface area contributed by atoms with E-state index in [1.165, 1.54) is 14.2 Å². The van der Waals surface area contributed by atoms with E-state index in [9.17, 15) is 9.59 Å². The molecule has 0 radical (unpaired) electrons. The van der Waals surface area contributed by atoms with Crippen LogP contribution in [0.2, 0.25) is 5.02 Å². The van der Waals surface area contributed by atoms with E-state index >= 15 is 0 Å². The number of piperidine rings is 1. The number of anilines is 2. The molecule has 0 aliphatic carbocycles. The van der Waals surface area contributed by atoms with E-state index in [2.05, 4.69) is 5.32 Å². The molecule has 0 aromatic heterocycles. The Morgan fingerprint density at radius 2 is 1.63 bits per heavy atom. The normalized spacial score (nSPS) is 17.6. The van der Waals surface area contributed by atoms with E-state index in [-0.39, 0.29) is 18.2 Å². The Bertz CT molecular complexity index is 1200. The molecule has 1 saturated heterocycles. The Kier molecular flexibility index (Phi) is 7.46. The number of hydrogen-bond acceptors (Lipinski definition) is 5. The molecular weight excluding hydrogens is 468 g/mol. The van der Waals surface area contributed by atoms with Crippen molar-refractivity contribution in [2.24, 2.45) is 5.92 Å². The van der Waals surface area contributed by atoms with Gasteiger partial charge in [-0.05, 0) is 36.2 Å². The molecule has 7 nitrogen and oxygen atoms in total. The number of methoxy groups -OCH3 is 3. The predicted molar refractivity (Wildman–Crippen MR) is 136 cm³/mol. The zero-order valence-electron chi connectivity index (χ0n) is 19.8. The lowest BCUT2D eigenvalue weighted by atomic mass is 9.83. The molecule has 0 spiro atoms. The fourth-order valence-corrected chi connectivity index (χ4v) is 4.66. The van der Waals surface area contributed by atoms with E-state index < -0.39 is 12.0 Å². The quantitative estimate of drug-likeness (QED) is 0.470. The lowest BCUT2D eigenvalue weighted by Gasteiger charge is -2.41. The van der Waals surface area contributed by atoms with Crippen molar-refractivity contribution in [3.8, 4) is 17.2 Å². The van der Waals surface area contributed by atoms with Crippen LogP contribution in [0.5, 0.6) is 17.2 Å². The van der Waals surface area contributed by atoms with Crippen molar-refractivity contribution in [3.05, 3.63) is 77.3 Å². The first-order valence-corrected chi connectivity index (χ1v) is 11.6. The van der Waals surface area contributed by atoms with Crippen molar-refractivity contribution < 1.29 is 23.8 Å². The second-order valence-corrected chi connectivity index (χ2v) is 8.55. The van der Waals surface area contributed by atoms with E-state index in [0.29, 0.717) is 40.1 Å². The van der Waals surface area contributed by atoms with Crippen LogP contribution in [0.3, 0.4) is 0 Å². The van der Waals surface area contributed by atoms with Gasteiger partial charge in [0.05, 0.1) is 44.0 Å². The number of hydrogen-bond donors (Lipinski definition) is 1. The van der Waals surface area contributed by atoms with Gasteiger partial charge >= 0.3 is 0 Å². The van der Waals surface area contributed by atoms with Crippen molar-refractivity contribution in [1.82, 2.24) is 0 Å². The monoisotopic (exact) mass is 494 g/mol. The van der Waals surface area contributed by atoms with Gasteiger partial charge in [-0.1, -0.05) is 41.9 Å². The highest BCUT2D eigenvalue weighted by Gasteiger charge is 2.41. The Morgan fingerprint density at radius 3 is 2.26 bits per heavy atom. The molecule has 1 heterocycles. The molecule has 3 aromatic carbocycles. The molecular formula is C27H27ClN2O5. The molecule has 4 rings (SSSR count). The summed E-state index contributed by atoms with van der Waals surface area (Å²) in [5.74, 6) is 0.739. The van der Waals surface area contributed by atoms with Crippen LogP contribution < -0.4 is 24.4 Å². The zero-order chi connectivity index (χ0) is 24.9. The van der Waals surface area contributed by atoms with Crippen molar-refractivity contribution in [2.45, 2.75) is 18.9 Å². The van der Waals surface area contributed by atoms with Crippen LogP contribution in [0, 0.1) is 5.92 Å². The van der Waals surface area contributed by atoms with Crippen molar-refractivity contribution >= 4 is 34.8 Å². The number of benzene rings is 3. The third-order valence-corrected chi connectivity index (χ3v) is 6.45. The molecule has 1 fully saturated rings. The predicted octanol–water partition coefficient (Wildman–Crippen LogP) is 5.49. The minimum atomic E-state index is -0.511. The van der Waals surface area contributed by atoms with Gasteiger partial charge in [-0.2, -0.15) is 0 Å². The number of nitrogens with zero attached hydrogens (tertiary/aromatic N) is 1. The summed E-state index contributed by atoms with van der Waals surface area (Å²) in [5, 5.41) is 3.35. The van der Waals surface area contributed by atoms with Crippen molar-refractivity contribution in [2.75, 3.05) is 31.5 Å². The number of amides is 2. The van der Waals surface area contributed by atoms with Crippen LogP contribution in [0.15, 0.2) is 66.7 Å². The molecule has 182 valence electrons. The summed E-state index contributed by atoms with van der Waals surface area (Å²) in [4.78, 5) is 28.6. The second kappa shape index (κ2) is 10.7. The number of nitrogens with one attached hydrogen (secondary N) is 1. The van der Waals surface area contributed by atoms with Gasteiger partial charge in [0.1, 0.15) is 17.2 Å². The minimum Gasteiger partial charge on any atom is -0.497 e. The van der Waals surface area contributed by atoms with Crippen LogP contribution in [-0.4, -0.2) is 33.1 Å². The first-order valence-electron chi connectivity index (χ1n) is 11.2. The maximum Gasteiger partial charge on any atom is 0.230 e. The molecule has 1 N–H and O–H groups in total. The van der Waals surface area contributed by atoms with E-state index in [1.807, 2.05) is 42.5 Å². The average molecular weight is 495 g/mol. The van der Waals surface area contributed by atoms with Crippen LogP contribution in [0.25, 0.3) is 0 Å². The van der Waals surface area contributed by atoms with E-state index in [0.717, 1.165) is 5.56 Å². The molecule has 0 saturated carbocycles. The summed E-state index contributed by atoms with van der Waals surface area (Å²) in [6.45, 7) is 0. The van der Waals surface area contributed by atoms with Crippen LogP contribution in [-0.2, 0) is 9.59 Å². The fraction of sp³-hybridized carbons (Fsp3) is 0.259. The third-order valence-electron chi connectivity index (χ3n) is 6.16. The summed E-state index contributed by atoms with van der Waals surface area (Å²) >= 11 is 6.22. The first kappa shape index (κ1) is 24.4. The number of rotatable bonds is 7. The lowest BCUT2D eigenvalue weighted by Crippen LogP contribution is -2.47. The second-order valence-electron chi connectivity index (χ2n) is 8.14. The van der Waals surface area contributed by atoms with Gasteiger partial charge in [-0.3, -0.25) is 9.59 Å². The van der Waals surface area contributed by atoms with E-state index in [1.54, 1.807) is 36.3 Å². The summed E-state index contributed by atoms with van der Waals surface area (Å²) in [6, 6.07) is 19.6. The van der Waals surface area contributed by atoms with Gasteiger partial charge in [0, 0.05) is 24.2 Å². The molecule has 8 heteroatoms. The summed E-state index contributed by atoms with van der Waals surface area (Å²) in [5.41, 5.74) is 2.02. The van der Waals surface area contributed by atoms with Crippen LogP contribution >= 0.6 is 11.6 Å². The number of carbonyl (C=O) groups excluding carboxylic acids is 2. The highest BCUT2D eigenvalue weighted by atomic mass is 35.5. The zero-order valence-corrected chi connectivity index (χ0v) is 20.5. The van der Waals surface area contributed by atoms with Crippen LogP contribution in [0.1, 0.15) is 24.4 Å². The van der Waals surface area contributed by atoms with Gasteiger partial charge < -0.3 is 24.4 Å². The van der Waals surface area contributed by atoms with Crippen molar-refractivity contribution in [3.63, 3.8) is 0 Å². The molecule has 2 atom stereocenters. The Morgan fingerprint density at radius 1 is 0.943 bits per heavy atom. The molecule has 2 unspecified atom stereocenters. The highest BCUT2D eigenvalue weighted by molar-refractivity contribution is 6.32. The molecule has 0 bridgehead atoms. The Labute approximate surface area is 209 Å². The summed E-state index contributed by atoms with van der Waals surface area (Å²) in [7, 11) is 4.60. The minimum absolute atomic E-state index is 0.0428. The smallest absolute Gasteiger partial charge is 0.230 e. The average Bonchev–Trinajstić information content (AvgIpc) is 2.89. The van der Waals surface area contributed by atoms with Gasteiger partial charge in [0.2, 0.25) is 11.8 Å². The SMILES string of the molecule is COc1ccc(N2C(=O)CCC(C(=O)Nc3cc(OC)c(Cl)cc3OC)C2c2ccccc2)cc1. The lowest BCUT2D eigenvalue weighted by molar-refractivity contribution is -0.125. The maximum absolute atomic E-state index is 13.7. The Balaban J connectivity index is 1.73. The highest BCUT2D eigenvalue weighted by Crippen LogP contribution is 2.42. The molecule has 1 aliphatic rings. The number of carbonyl (C=O) groups is 2. The standard InChI is InChI=1S/C27H27ClN2O5/c1-33-19-11-9-18(10-12-19)30-25(31)14-13-20(26(30)17-7-5-4-6-8-17)27(32)29-22-16-23(34-2)21(28)15-24(22)35-3/h4-12,15-16,20,26H,13-14H2,1-3H3,(H,29,32). The summed E-state index contributed by atoms with van der Waals surface area (Å²) in [6.07, 6.45) is 0.651. The number of halogens is 1. The van der Waals surface area contributed by atoms with Gasteiger partial charge in [-0.25, -0.2) is 0 Å².